The summed E-state index contributed by atoms with van der Waals surface area (Å²) in [5.74, 6) is -1.21. The van der Waals surface area contributed by atoms with Crippen LogP contribution in [0.15, 0.2) is 66.7 Å². The summed E-state index contributed by atoms with van der Waals surface area (Å²) in [5.41, 5.74) is 4.27. The molecule has 0 aliphatic heterocycles. The number of para-hydroxylation sites is 1. The molecule has 1 aromatic heterocycles. The van der Waals surface area contributed by atoms with E-state index in [0.717, 1.165) is 11.1 Å². The number of benzene rings is 3. The van der Waals surface area contributed by atoms with E-state index < -0.39 is 17.8 Å². The van der Waals surface area contributed by atoms with Crippen LogP contribution in [-0.2, 0) is 20.9 Å². The predicted molar refractivity (Wildman–Crippen MR) is 135 cm³/mol. The Labute approximate surface area is 208 Å². The second-order valence-electron chi connectivity index (χ2n) is 8.58. The van der Waals surface area contributed by atoms with Gasteiger partial charge in [-0.15, -0.1) is 5.10 Å². The second-order valence-corrected chi connectivity index (χ2v) is 8.58. The van der Waals surface area contributed by atoms with E-state index in [-0.39, 0.29) is 19.0 Å². The lowest BCUT2D eigenvalue weighted by molar-refractivity contribution is -0.127. The number of carbonyl (C=O) groups is 2. The van der Waals surface area contributed by atoms with Crippen molar-refractivity contribution in [2.45, 2.75) is 26.4 Å². The zero-order chi connectivity index (χ0) is 25.7. The number of amides is 2. The average molecular weight is 490 g/mol. The van der Waals surface area contributed by atoms with E-state index in [4.69, 9.17) is 4.74 Å². The molecule has 4 aromatic rings. The Balaban J connectivity index is 1.80. The third-order valence-corrected chi connectivity index (χ3v) is 5.76. The Hall–Kier alpha value is -4.11. The van der Waals surface area contributed by atoms with E-state index in [1.165, 1.54) is 41.0 Å². The van der Waals surface area contributed by atoms with E-state index in [1.54, 1.807) is 0 Å². The third-order valence-electron chi connectivity index (χ3n) is 5.76. The number of fused-ring (bicyclic) bond motifs is 1. The van der Waals surface area contributed by atoms with Crippen LogP contribution < -0.4 is 10.2 Å². The first-order valence-corrected chi connectivity index (χ1v) is 11.6. The van der Waals surface area contributed by atoms with E-state index >= 15 is 0 Å². The molecule has 0 spiro atoms. The van der Waals surface area contributed by atoms with Gasteiger partial charge in [-0.05, 0) is 66.9 Å². The fourth-order valence-corrected chi connectivity index (χ4v) is 4.20. The van der Waals surface area contributed by atoms with Crippen molar-refractivity contribution in [3.8, 4) is 0 Å². The quantitative estimate of drug-likeness (QED) is 0.362. The number of aryl methyl sites for hydroxylation is 2. The molecule has 0 bridgehead atoms. The Bertz CT molecular complexity index is 1350. The summed E-state index contributed by atoms with van der Waals surface area (Å²) in [6.07, 6.45) is 0. The van der Waals surface area contributed by atoms with Gasteiger partial charge in [0.15, 0.2) is 0 Å². The first-order valence-electron chi connectivity index (χ1n) is 11.6. The lowest BCUT2D eigenvalue weighted by Gasteiger charge is -2.32. The molecule has 0 aliphatic carbocycles. The number of anilines is 1. The average Bonchev–Trinajstić information content (AvgIpc) is 3.25. The smallest absolute Gasteiger partial charge is 0.249 e. The van der Waals surface area contributed by atoms with Crippen LogP contribution >= 0.6 is 0 Å². The van der Waals surface area contributed by atoms with Crippen LogP contribution in [0.1, 0.15) is 22.7 Å². The molecule has 0 aliphatic rings. The molecule has 1 heterocycles. The fraction of sp³-hybridized carbons (Fsp3) is 0.259. The molecular weight excluding hydrogens is 461 g/mol. The number of hydrogen-bond donors (Lipinski definition) is 1. The molecule has 1 unspecified atom stereocenters. The first-order chi connectivity index (χ1) is 17.4. The van der Waals surface area contributed by atoms with Crippen LogP contribution in [-0.4, -0.2) is 47.1 Å². The molecule has 1 atom stereocenters. The minimum Gasteiger partial charge on any atom is -0.383 e. The minimum absolute atomic E-state index is 0.142. The molecular formula is C27H28FN5O3. The summed E-state index contributed by atoms with van der Waals surface area (Å²) in [6, 6.07) is 17.6. The number of carbonyl (C=O) groups excluding carboxylic acids is 2. The number of nitrogens with one attached hydrogen (secondary N) is 1. The van der Waals surface area contributed by atoms with Crippen LogP contribution in [0, 0.1) is 19.7 Å². The Morgan fingerprint density at radius 3 is 2.44 bits per heavy atom. The van der Waals surface area contributed by atoms with E-state index in [1.807, 2.05) is 56.3 Å². The van der Waals surface area contributed by atoms with Crippen molar-refractivity contribution in [1.29, 1.82) is 0 Å². The van der Waals surface area contributed by atoms with Crippen LogP contribution in [0.3, 0.4) is 0 Å². The van der Waals surface area contributed by atoms with E-state index in [2.05, 4.69) is 15.6 Å². The van der Waals surface area contributed by atoms with Gasteiger partial charge in [-0.1, -0.05) is 35.5 Å². The number of nitrogens with zero attached hydrogens (tertiary/aromatic N) is 4. The van der Waals surface area contributed by atoms with Crippen LogP contribution in [0.5, 0.6) is 0 Å². The highest BCUT2D eigenvalue weighted by Gasteiger charge is 2.33. The number of hydrogen-bond acceptors (Lipinski definition) is 5. The van der Waals surface area contributed by atoms with E-state index in [9.17, 15) is 14.0 Å². The van der Waals surface area contributed by atoms with Gasteiger partial charge in [0.25, 0.3) is 0 Å². The van der Waals surface area contributed by atoms with Gasteiger partial charge in [0.2, 0.25) is 11.8 Å². The molecule has 0 radical (unpaired) electrons. The molecule has 0 saturated heterocycles. The largest absolute Gasteiger partial charge is 0.383 e. The van der Waals surface area contributed by atoms with Gasteiger partial charge >= 0.3 is 0 Å². The normalized spacial score (nSPS) is 11.9. The minimum atomic E-state index is -1.05. The molecule has 3 aromatic carbocycles. The highest BCUT2D eigenvalue weighted by Crippen LogP contribution is 2.30. The highest BCUT2D eigenvalue weighted by atomic mass is 19.1. The van der Waals surface area contributed by atoms with E-state index in [0.29, 0.717) is 28.9 Å². The lowest BCUT2D eigenvalue weighted by atomic mass is 10.0. The summed E-state index contributed by atoms with van der Waals surface area (Å²) >= 11 is 0. The number of aromatic nitrogens is 3. The maximum Gasteiger partial charge on any atom is 0.249 e. The number of halogens is 1. The topological polar surface area (TPSA) is 89.4 Å². The van der Waals surface area contributed by atoms with Gasteiger partial charge in [-0.3, -0.25) is 14.5 Å². The molecule has 2 amide bonds. The van der Waals surface area contributed by atoms with Crippen molar-refractivity contribution in [2.75, 3.05) is 25.2 Å². The lowest BCUT2D eigenvalue weighted by Crippen LogP contribution is -2.46. The summed E-state index contributed by atoms with van der Waals surface area (Å²) in [7, 11) is 1.54. The molecule has 186 valence electrons. The number of rotatable bonds is 9. The van der Waals surface area contributed by atoms with Crippen molar-refractivity contribution in [2.24, 2.45) is 0 Å². The summed E-state index contributed by atoms with van der Waals surface area (Å²) in [5, 5.41) is 11.1. The Morgan fingerprint density at radius 1 is 1.06 bits per heavy atom. The summed E-state index contributed by atoms with van der Waals surface area (Å²) < 4.78 is 20.3. The van der Waals surface area contributed by atoms with Gasteiger partial charge in [0.05, 0.1) is 12.1 Å². The molecule has 0 fully saturated rings. The maximum absolute atomic E-state index is 14.0. The molecule has 36 heavy (non-hydrogen) atoms. The zero-order valence-corrected chi connectivity index (χ0v) is 20.4. The van der Waals surface area contributed by atoms with Gasteiger partial charge < -0.3 is 10.1 Å². The van der Waals surface area contributed by atoms with Crippen molar-refractivity contribution in [3.05, 3.63) is 89.2 Å². The van der Waals surface area contributed by atoms with Crippen LogP contribution in [0.2, 0.25) is 0 Å². The third kappa shape index (κ3) is 5.58. The Morgan fingerprint density at radius 2 is 1.75 bits per heavy atom. The van der Waals surface area contributed by atoms with Gasteiger partial charge in [0, 0.05) is 19.3 Å². The van der Waals surface area contributed by atoms with Crippen molar-refractivity contribution in [3.63, 3.8) is 0 Å². The highest BCUT2D eigenvalue weighted by molar-refractivity contribution is 6.01. The first kappa shape index (κ1) is 25.0. The second kappa shape index (κ2) is 11.1. The fourth-order valence-electron chi connectivity index (χ4n) is 4.20. The molecule has 9 heteroatoms. The van der Waals surface area contributed by atoms with Crippen molar-refractivity contribution < 1.29 is 18.7 Å². The molecule has 0 saturated carbocycles. The zero-order valence-electron chi connectivity index (χ0n) is 20.4. The monoisotopic (exact) mass is 489 g/mol. The number of methoxy groups -OCH3 is 1. The molecule has 8 nitrogen and oxygen atoms in total. The predicted octanol–water partition coefficient (Wildman–Crippen LogP) is 3.72. The van der Waals surface area contributed by atoms with Crippen molar-refractivity contribution in [1.82, 2.24) is 20.3 Å². The van der Waals surface area contributed by atoms with Crippen molar-refractivity contribution >= 4 is 28.5 Å². The summed E-state index contributed by atoms with van der Waals surface area (Å²) in [4.78, 5) is 28.9. The van der Waals surface area contributed by atoms with Gasteiger partial charge in [-0.25, -0.2) is 9.07 Å². The standard InChI is InChI=1S/C27H28FN5O3/c1-18-14-19(2)16-22(15-18)33(25(34)17-32-24-7-5-4-6-23(24)30-31-32)26(27(35)29-12-13-36-3)20-8-10-21(28)11-9-20/h4-11,14-16,26H,12-13,17H2,1-3H3,(H,29,35). The Kier molecular flexibility index (Phi) is 7.70. The maximum atomic E-state index is 14.0. The molecule has 1 N–H and O–H groups in total. The van der Waals surface area contributed by atoms with Gasteiger partial charge in [-0.2, -0.15) is 0 Å². The van der Waals surface area contributed by atoms with Gasteiger partial charge in [0.1, 0.15) is 23.9 Å². The molecule has 4 rings (SSSR count). The van der Waals surface area contributed by atoms with Crippen LogP contribution in [0.25, 0.3) is 11.0 Å². The number of ether oxygens (including phenoxy) is 1. The SMILES string of the molecule is COCCNC(=O)C(c1ccc(F)cc1)N(C(=O)Cn1nnc2ccccc21)c1cc(C)cc(C)c1. The summed E-state index contributed by atoms with van der Waals surface area (Å²) in [6.45, 7) is 4.28. The van der Waals surface area contributed by atoms with Crippen LogP contribution in [0.4, 0.5) is 10.1 Å².